The molecule has 0 atom stereocenters. The Balaban J connectivity index is 2.29. The van der Waals surface area contributed by atoms with Gasteiger partial charge in [-0.15, -0.1) is 0 Å². The fourth-order valence-electron chi connectivity index (χ4n) is 1.75. The first kappa shape index (κ1) is 16.0. The number of halogens is 1. The Morgan fingerprint density at radius 3 is 2.41 bits per heavy atom. The predicted molar refractivity (Wildman–Crippen MR) is 79.1 cm³/mol. The molecule has 0 bridgehead atoms. The van der Waals surface area contributed by atoms with E-state index in [-0.39, 0.29) is 16.8 Å². The second kappa shape index (κ2) is 5.80. The summed E-state index contributed by atoms with van der Waals surface area (Å²) in [6, 6.07) is 4.45. The van der Waals surface area contributed by atoms with E-state index in [1.165, 1.54) is 26.0 Å². The van der Waals surface area contributed by atoms with Crippen molar-refractivity contribution in [1.29, 1.82) is 0 Å². The van der Waals surface area contributed by atoms with Gasteiger partial charge in [0.1, 0.15) is 0 Å². The van der Waals surface area contributed by atoms with Crippen LogP contribution < -0.4 is 5.32 Å². The number of esters is 2. The van der Waals surface area contributed by atoms with Crippen LogP contribution in [-0.4, -0.2) is 28.8 Å². The molecule has 0 saturated carbocycles. The molecule has 8 heteroatoms. The highest BCUT2D eigenvalue weighted by Gasteiger charge is 2.39. The van der Waals surface area contributed by atoms with E-state index >= 15 is 0 Å². The summed E-state index contributed by atoms with van der Waals surface area (Å²) < 4.78 is 10.5. The molecule has 1 heterocycles. The molecule has 1 aliphatic rings. The molecule has 1 saturated heterocycles. The lowest BCUT2D eigenvalue weighted by atomic mass is 10.1. The number of anilines is 1. The fourth-order valence-corrected chi connectivity index (χ4v) is 2.11. The van der Waals surface area contributed by atoms with Crippen LogP contribution in [0.1, 0.15) is 24.2 Å². The molecule has 0 spiro atoms. The number of aromatic carboxylic acids is 1. The average Bonchev–Trinajstić information content (AvgIpc) is 2.35. The Morgan fingerprint density at radius 2 is 1.86 bits per heavy atom. The van der Waals surface area contributed by atoms with Crippen molar-refractivity contribution in [1.82, 2.24) is 0 Å². The Morgan fingerprint density at radius 1 is 1.27 bits per heavy atom. The minimum absolute atomic E-state index is 0.0158. The molecule has 1 aromatic rings. The van der Waals surface area contributed by atoms with Gasteiger partial charge < -0.3 is 19.9 Å². The molecule has 0 aliphatic carbocycles. The number of carbonyl (C=O) groups is 3. The van der Waals surface area contributed by atoms with Gasteiger partial charge in [0, 0.05) is 24.5 Å². The molecule has 1 aromatic carbocycles. The van der Waals surface area contributed by atoms with Gasteiger partial charge in [-0.3, -0.25) is 0 Å². The maximum Gasteiger partial charge on any atom is 0.350 e. The molecule has 116 valence electrons. The van der Waals surface area contributed by atoms with Gasteiger partial charge in [-0.25, -0.2) is 14.4 Å². The van der Waals surface area contributed by atoms with Crippen molar-refractivity contribution < 1.29 is 29.0 Å². The maximum atomic E-state index is 11.8. The lowest BCUT2D eigenvalue weighted by molar-refractivity contribution is -0.222. The summed E-state index contributed by atoms with van der Waals surface area (Å²) in [5, 5.41) is 11.7. The summed E-state index contributed by atoms with van der Waals surface area (Å²) in [5.41, 5.74) is -0.159. The van der Waals surface area contributed by atoms with E-state index in [1.54, 1.807) is 6.07 Å². The largest absolute Gasteiger partial charge is 0.478 e. The van der Waals surface area contributed by atoms with E-state index in [9.17, 15) is 14.4 Å². The number of ether oxygens (including phenoxy) is 2. The quantitative estimate of drug-likeness (QED) is 0.478. The van der Waals surface area contributed by atoms with Gasteiger partial charge in [-0.05, 0) is 18.2 Å². The first-order valence-electron chi connectivity index (χ1n) is 6.16. The van der Waals surface area contributed by atoms with E-state index in [0.29, 0.717) is 4.47 Å². The molecule has 1 fully saturated rings. The number of hydrogen-bond acceptors (Lipinski definition) is 6. The third kappa shape index (κ3) is 3.45. The molecular formula is C14H12BrNO6. The van der Waals surface area contributed by atoms with Gasteiger partial charge in [0.2, 0.25) is 0 Å². The lowest BCUT2D eigenvalue weighted by Gasteiger charge is -2.29. The standard InChI is InChI=1S/C14H12BrNO6/c1-14(2)21-12(19)9(13(20)22-14)6-16-10-5-7(15)3-4-8(10)11(17)18/h3-6,16H,1-2H3,(H,17,18). The second-order valence-electron chi connectivity index (χ2n) is 4.88. The van der Waals surface area contributed by atoms with Crippen molar-refractivity contribution in [3.63, 3.8) is 0 Å². The highest BCUT2D eigenvalue weighted by atomic mass is 79.9. The van der Waals surface area contributed by atoms with Crippen LogP contribution in [0.5, 0.6) is 0 Å². The average molecular weight is 370 g/mol. The van der Waals surface area contributed by atoms with Crippen molar-refractivity contribution in [3.8, 4) is 0 Å². The Kier molecular flexibility index (Phi) is 4.23. The number of carboxylic acids is 1. The summed E-state index contributed by atoms with van der Waals surface area (Å²) in [7, 11) is 0. The van der Waals surface area contributed by atoms with Crippen molar-refractivity contribution in [2.24, 2.45) is 0 Å². The summed E-state index contributed by atoms with van der Waals surface area (Å²) >= 11 is 3.21. The first-order valence-corrected chi connectivity index (χ1v) is 6.95. The van der Waals surface area contributed by atoms with Crippen LogP contribution in [0, 0.1) is 0 Å². The highest BCUT2D eigenvalue weighted by Crippen LogP contribution is 2.25. The van der Waals surface area contributed by atoms with Gasteiger partial charge in [0.15, 0.2) is 5.57 Å². The first-order chi connectivity index (χ1) is 10.2. The predicted octanol–water partition coefficient (Wildman–Crippen LogP) is 2.28. The molecule has 0 radical (unpaired) electrons. The van der Waals surface area contributed by atoms with Gasteiger partial charge in [-0.2, -0.15) is 0 Å². The van der Waals surface area contributed by atoms with Crippen LogP contribution >= 0.6 is 15.9 Å². The number of rotatable bonds is 3. The molecule has 22 heavy (non-hydrogen) atoms. The third-order valence-electron chi connectivity index (χ3n) is 2.70. The molecular weight excluding hydrogens is 358 g/mol. The van der Waals surface area contributed by atoms with Gasteiger partial charge in [0.25, 0.3) is 5.79 Å². The number of carboxylic acid groups (broad SMARTS) is 1. The van der Waals surface area contributed by atoms with Crippen LogP contribution in [0.4, 0.5) is 5.69 Å². The van der Waals surface area contributed by atoms with Gasteiger partial charge >= 0.3 is 17.9 Å². The number of hydrogen-bond donors (Lipinski definition) is 2. The SMILES string of the molecule is CC1(C)OC(=O)C(=CNc2cc(Br)ccc2C(=O)O)C(=O)O1. The zero-order valence-corrected chi connectivity index (χ0v) is 13.3. The summed E-state index contributed by atoms with van der Waals surface area (Å²) in [6.07, 6.45) is 1.06. The molecule has 1 aliphatic heterocycles. The number of benzene rings is 1. The third-order valence-corrected chi connectivity index (χ3v) is 3.19. The Hall–Kier alpha value is -2.35. The molecule has 0 aromatic heterocycles. The number of carbonyl (C=O) groups excluding carboxylic acids is 2. The van der Waals surface area contributed by atoms with Crippen molar-refractivity contribution >= 4 is 39.5 Å². The summed E-state index contributed by atoms with van der Waals surface area (Å²) in [6.45, 7) is 2.87. The maximum absolute atomic E-state index is 11.8. The van der Waals surface area contributed by atoms with E-state index in [2.05, 4.69) is 21.2 Å². The van der Waals surface area contributed by atoms with Crippen LogP contribution in [0.2, 0.25) is 0 Å². The fraction of sp³-hybridized carbons (Fsp3) is 0.214. The Labute approximate surface area is 134 Å². The smallest absolute Gasteiger partial charge is 0.350 e. The highest BCUT2D eigenvalue weighted by molar-refractivity contribution is 9.10. The zero-order chi connectivity index (χ0) is 16.5. The zero-order valence-electron chi connectivity index (χ0n) is 11.7. The lowest BCUT2D eigenvalue weighted by Crippen LogP contribution is -2.42. The Bertz CT molecular complexity index is 673. The summed E-state index contributed by atoms with van der Waals surface area (Å²) in [4.78, 5) is 34.7. The topological polar surface area (TPSA) is 102 Å². The van der Waals surface area contributed by atoms with Gasteiger partial charge in [-0.1, -0.05) is 15.9 Å². The molecule has 7 nitrogen and oxygen atoms in total. The molecule has 0 unspecified atom stereocenters. The van der Waals surface area contributed by atoms with Crippen LogP contribution in [-0.2, 0) is 19.1 Å². The van der Waals surface area contributed by atoms with Gasteiger partial charge in [0.05, 0.1) is 11.3 Å². The normalized spacial score (nSPS) is 16.6. The molecule has 2 rings (SSSR count). The van der Waals surface area contributed by atoms with Crippen LogP contribution in [0.25, 0.3) is 0 Å². The number of cyclic esters (lactones) is 2. The van der Waals surface area contributed by atoms with Crippen molar-refractivity contribution in [2.75, 3.05) is 5.32 Å². The van der Waals surface area contributed by atoms with Crippen molar-refractivity contribution in [3.05, 3.63) is 40.0 Å². The monoisotopic (exact) mass is 369 g/mol. The van der Waals surface area contributed by atoms with E-state index in [4.69, 9.17) is 14.6 Å². The molecule has 2 N–H and O–H groups in total. The second-order valence-corrected chi connectivity index (χ2v) is 5.79. The van der Waals surface area contributed by atoms with E-state index in [1.807, 2.05) is 0 Å². The molecule has 0 amide bonds. The number of nitrogens with one attached hydrogen (secondary N) is 1. The van der Waals surface area contributed by atoms with Crippen molar-refractivity contribution in [2.45, 2.75) is 19.6 Å². The van der Waals surface area contributed by atoms with E-state index < -0.39 is 23.7 Å². The summed E-state index contributed by atoms with van der Waals surface area (Å²) in [5.74, 6) is -4.17. The minimum atomic E-state index is -1.33. The van der Waals surface area contributed by atoms with E-state index in [0.717, 1.165) is 6.20 Å². The van der Waals surface area contributed by atoms with Crippen LogP contribution in [0.15, 0.2) is 34.4 Å². The minimum Gasteiger partial charge on any atom is -0.478 e. The van der Waals surface area contributed by atoms with Crippen LogP contribution in [0.3, 0.4) is 0 Å².